The Morgan fingerprint density at radius 3 is 2.38 bits per heavy atom. The first-order valence-corrected chi connectivity index (χ1v) is 9.75. The molecule has 1 amide bonds. The Bertz CT molecular complexity index is 825. The molecule has 24 heavy (non-hydrogen) atoms. The number of hydrogen-bond donors (Lipinski definition) is 1. The first-order chi connectivity index (χ1) is 11.3. The number of hydrogen-bond acceptors (Lipinski definition) is 3. The minimum absolute atomic E-state index is 0.137. The van der Waals surface area contributed by atoms with Crippen molar-refractivity contribution in [1.82, 2.24) is 4.31 Å². The summed E-state index contributed by atoms with van der Waals surface area (Å²) < 4.78 is 27.2. The molecule has 0 unspecified atom stereocenters. The minimum Gasteiger partial charge on any atom is -0.324 e. The fourth-order valence-electron chi connectivity index (χ4n) is 2.03. The molecular weight excluding hydrogens is 416 g/mol. The maximum atomic E-state index is 12.6. The van der Waals surface area contributed by atoms with Crippen molar-refractivity contribution in [3.05, 3.63) is 58.0 Å². The second-order valence-corrected chi connectivity index (χ2v) is 8.17. The summed E-state index contributed by atoms with van der Waals surface area (Å²) in [4.78, 5) is 12.3. The Hall–Kier alpha value is -1.41. The molecule has 2 aromatic carbocycles. The van der Waals surface area contributed by atoms with Crippen molar-refractivity contribution in [3.8, 4) is 0 Å². The van der Waals surface area contributed by atoms with E-state index in [-0.39, 0.29) is 18.0 Å². The predicted octanol–water partition coefficient (Wildman–Crippen LogP) is 3.75. The number of rotatable bonds is 6. The van der Waals surface area contributed by atoms with Crippen LogP contribution in [0.25, 0.3) is 0 Å². The van der Waals surface area contributed by atoms with Gasteiger partial charge >= 0.3 is 0 Å². The van der Waals surface area contributed by atoms with Crippen molar-refractivity contribution in [2.24, 2.45) is 0 Å². The van der Waals surface area contributed by atoms with Crippen LogP contribution in [0.3, 0.4) is 0 Å². The zero-order valence-electron chi connectivity index (χ0n) is 12.9. The van der Waals surface area contributed by atoms with Crippen LogP contribution in [0.1, 0.15) is 6.92 Å². The summed E-state index contributed by atoms with van der Waals surface area (Å²) >= 11 is 9.25. The topological polar surface area (TPSA) is 66.5 Å². The van der Waals surface area contributed by atoms with Crippen molar-refractivity contribution < 1.29 is 13.2 Å². The zero-order valence-corrected chi connectivity index (χ0v) is 16.0. The lowest BCUT2D eigenvalue weighted by Crippen LogP contribution is -2.37. The van der Waals surface area contributed by atoms with Gasteiger partial charge in [0.05, 0.1) is 22.2 Å². The average molecular weight is 432 g/mol. The highest BCUT2D eigenvalue weighted by molar-refractivity contribution is 9.10. The summed E-state index contributed by atoms with van der Waals surface area (Å²) in [6, 6.07) is 13.1. The Labute approximate surface area is 154 Å². The van der Waals surface area contributed by atoms with E-state index in [0.29, 0.717) is 10.7 Å². The second kappa shape index (κ2) is 8.11. The van der Waals surface area contributed by atoms with Gasteiger partial charge in [-0.25, -0.2) is 8.42 Å². The van der Waals surface area contributed by atoms with Gasteiger partial charge in [-0.2, -0.15) is 4.31 Å². The number of nitrogens with zero attached hydrogens (tertiary/aromatic N) is 1. The largest absolute Gasteiger partial charge is 0.324 e. The molecule has 8 heteroatoms. The number of benzene rings is 2. The fraction of sp³-hybridized carbons (Fsp3) is 0.188. The van der Waals surface area contributed by atoms with Crippen LogP contribution in [0.15, 0.2) is 57.9 Å². The highest BCUT2D eigenvalue weighted by Gasteiger charge is 2.25. The third kappa shape index (κ3) is 4.57. The van der Waals surface area contributed by atoms with Crippen LogP contribution in [0, 0.1) is 0 Å². The number of carbonyl (C=O) groups is 1. The van der Waals surface area contributed by atoms with E-state index in [0.717, 1.165) is 8.78 Å². The van der Waals surface area contributed by atoms with E-state index in [2.05, 4.69) is 21.2 Å². The maximum absolute atomic E-state index is 12.6. The number of carbonyl (C=O) groups excluding carboxylic acids is 1. The van der Waals surface area contributed by atoms with E-state index in [1.54, 1.807) is 43.3 Å². The lowest BCUT2D eigenvalue weighted by Gasteiger charge is -2.20. The van der Waals surface area contributed by atoms with Crippen molar-refractivity contribution in [2.45, 2.75) is 11.8 Å². The van der Waals surface area contributed by atoms with Crippen molar-refractivity contribution in [2.75, 3.05) is 18.4 Å². The van der Waals surface area contributed by atoms with Gasteiger partial charge in [-0.05, 0) is 36.4 Å². The molecule has 0 saturated heterocycles. The van der Waals surface area contributed by atoms with Gasteiger partial charge in [-0.15, -0.1) is 0 Å². The first-order valence-electron chi connectivity index (χ1n) is 7.14. The molecule has 0 aliphatic rings. The molecule has 0 radical (unpaired) electrons. The summed E-state index contributed by atoms with van der Waals surface area (Å²) in [5.74, 6) is -0.453. The minimum atomic E-state index is -3.75. The van der Waals surface area contributed by atoms with Gasteiger partial charge in [0, 0.05) is 11.0 Å². The van der Waals surface area contributed by atoms with E-state index in [4.69, 9.17) is 11.6 Å². The van der Waals surface area contributed by atoms with Gasteiger partial charge in [0.2, 0.25) is 15.9 Å². The molecule has 5 nitrogen and oxygen atoms in total. The predicted molar refractivity (Wildman–Crippen MR) is 98.7 cm³/mol. The number of anilines is 1. The number of sulfonamides is 1. The molecule has 0 bridgehead atoms. The molecule has 2 rings (SSSR count). The summed E-state index contributed by atoms with van der Waals surface area (Å²) in [6.07, 6.45) is 0. The van der Waals surface area contributed by atoms with E-state index in [1.165, 1.54) is 12.1 Å². The molecule has 0 saturated carbocycles. The molecule has 0 spiro atoms. The van der Waals surface area contributed by atoms with E-state index in [1.807, 2.05) is 0 Å². The van der Waals surface area contributed by atoms with Crippen LogP contribution in [0.5, 0.6) is 0 Å². The molecular formula is C16H16BrClN2O3S. The van der Waals surface area contributed by atoms with Crippen LogP contribution in [0.2, 0.25) is 5.02 Å². The molecule has 0 aliphatic carbocycles. The maximum Gasteiger partial charge on any atom is 0.243 e. The lowest BCUT2D eigenvalue weighted by molar-refractivity contribution is -0.116. The fourth-order valence-corrected chi connectivity index (χ4v) is 3.89. The van der Waals surface area contributed by atoms with Crippen LogP contribution < -0.4 is 5.32 Å². The highest BCUT2D eigenvalue weighted by Crippen LogP contribution is 2.21. The quantitative estimate of drug-likeness (QED) is 0.757. The van der Waals surface area contributed by atoms with E-state index in [9.17, 15) is 13.2 Å². The van der Waals surface area contributed by atoms with Gasteiger partial charge in [0.1, 0.15) is 0 Å². The second-order valence-electron chi connectivity index (χ2n) is 4.91. The number of nitrogens with one attached hydrogen (secondary N) is 1. The summed E-state index contributed by atoms with van der Waals surface area (Å²) in [6.45, 7) is 1.56. The van der Waals surface area contributed by atoms with Gasteiger partial charge in [0.25, 0.3) is 0 Å². The number of amides is 1. The average Bonchev–Trinajstić information content (AvgIpc) is 2.55. The Morgan fingerprint density at radius 1 is 1.17 bits per heavy atom. The van der Waals surface area contributed by atoms with Gasteiger partial charge < -0.3 is 5.32 Å². The standard InChI is InChI=1S/C16H16BrClN2O3S/c1-2-20(24(22,23)13-9-7-12(17)8-10-13)11-16(21)19-15-6-4-3-5-14(15)18/h3-10H,2,11H2,1H3,(H,19,21). The first kappa shape index (κ1) is 18.9. The molecule has 1 N–H and O–H groups in total. The van der Waals surface area contributed by atoms with E-state index < -0.39 is 15.9 Å². The molecule has 2 aromatic rings. The highest BCUT2D eigenvalue weighted by atomic mass is 79.9. The molecule has 128 valence electrons. The molecule has 0 aromatic heterocycles. The Morgan fingerprint density at radius 2 is 1.79 bits per heavy atom. The third-order valence-electron chi connectivity index (χ3n) is 3.27. The van der Waals surface area contributed by atoms with Crippen LogP contribution >= 0.6 is 27.5 Å². The van der Waals surface area contributed by atoms with Crippen molar-refractivity contribution in [1.29, 1.82) is 0 Å². The summed E-state index contributed by atoms with van der Waals surface area (Å²) in [7, 11) is -3.75. The zero-order chi connectivity index (χ0) is 17.7. The number of halogens is 2. The Balaban J connectivity index is 2.15. The van der Waals surface area contributed by atoms with E-state index >= 15 is 0 Å². The monoisotopic (exact) mass is 430 g/mol. The summed E-state index contributed by atoms with van der Waals surface area (Å²) in [5.41, 5.74) is 0.446. The molecule has 0 aliphatic heterocycles. The SMILES string of the molecule is CCN(CC(=O)Nc1ccccc1Cl)S(=O)(=O)c1ccc(Br)cc1. The number of likely N-dealkylation sites (N-methyl/N-ethyl adjacent to an activating group) is 1. The Kier molecular flexibility index (Phi) is 6.40. The van der Waals surface area contributed by atoms with Gasteiger partial charge in [0.15, 0.2) is 0 Å². The lowest BCUT2D eigenvalue weighted by atomic mass is 10.3. The third-order valence-corrected chi connectivity index (χ3v) is 6.07. The smallest absolute Gasteiger partial charge is 0.243 e. The van der Waals surface area contributed by atoms with Crippen molar-refractivity contribution in [3.63, 3.8) is 0 Å². The van der Waals surface area contributed by atoms with Gasteiger partial charge in [-0.3, -0.25) is 4.79 Å². The van der Waals surface area contributed by atoms with Crippen LogP contribution in [-0.4, -0.2) is 31.7 Å². The van der Waals surface area contributed by atoms with Crippen molar-refractivity contribution >= 4 is 49.1 Å². The van der Waals surface area contributed by atoms with Crippen LogP contribution in [0.4, 0.5) is 5.69 Å². The molecule has 0 heterocycles. The van der Waals surface area contributed by atoms with Gasteiger partial charge in [-0.1, -0.05) is 46.6 Å². The summed E-state index contributed by atoms with van der Waals surface area (Å²) in [5, 5.41) is 3.02. The van der Waals surface area contributed by atoms with Crippen LogP contribution in [-0.2, 0) is 14.8 Å². The normalized spacial score (nSPS) is 11.5. The molecule has 0 fully saturated rings. The molecule has 0 atom stereocenters. The number of para-hydroxylation sites is 1.